The van der Waals surface area contributed by atoms with Crippen LogP contribution in [0.3, 0.4) is 0 Å². The Kier molecular flexibility index (Phi) is 12.6. The number of hydrogen-bond acceptors (Lipinski definition) is 4. The summed E-state index contributed by atoms with van der Waals surface area (Å²) in [5.74, 6) is -0.933. The van der Waals surface area contributed by atoms with Crippen LogP contribution >= 0.6 is 11.9 Å². The van der Waals surface area contributed by atoms with E-state index in [2.05, 4.69) is 11.9 Å². The highest BCUT2D eigenvalue weighted by Gasteiger charge is 2.09. The van der Waals surface area contributed by atoms with E-state index in [9.17, 15) is 4.79 Å². The first-order valence-electron chi connectivity index (χ1n) is 3.54. The van der Waals surface area contributed by atoms with E-state index in [-0.39, 0.29) is 0 Å². The van der Waals surface area contributed by atoms with Crippen LogP contribution in [0.5, 0.6) is 0 Å². The molecule has 0 aromatic rings. The normalized spacial score (nSPS) is 11.3. The van der Waals surface area contributed by atoms with E-state index in [4.69, 9.17) is 21.2 Å². The topological polar surface area (TPSA) is 110 Å². The largest absolute Gasteiger partial charge is 0.480 e. The van der Waals surface area contributed by atoms with E-state index in [1.165, 1.54) is 0 Å². The maximum absolute atomic E-state index is 10.1. The summed E-state index contributed by atoms with van der Waals surface area (Å²) in [4.78, 5) is 10.1. The molecule has 0 rings (SSSR count). The first kappa shape index (κ1) is 14.2. The van der Waals surface area contributed by atoms with Crippen LogP contribution in [0.4, 0.5) is 0 Å². The molecule has 1 atom stereocenters. The van der Waals surface area contributed by atoms with Crippen LogP contribution in [0, 0.1) is 0 Å². The summed E-state index contributed by atoms with van der Waals surface area (Å²) < 4.78 is 6.47. The van der Waals surface area contributed by atoms with Crippen LogP contribution < -0.4 is 11.5 Å². The van der Waals surface area contributed by atoms with Gasteiger partial charge in [-0.1, -0.05) is 6.42 Å². The van der Waals surface area contributed by atoms with Crippen molar-refractivity contribution in [2.24, 2.45) is 11.5 Å². The number of hydrogen-bond donors (Lipinski definition) is 4. The summed E-state index contributed by atoms with van der Waals surface area (Å²) in [7, 11) is 0. The average molecular weight is 199 g/mol. The van der Waals surface area contributed by atoms with Crippen LogP contribution in [-0.2, 0) is 4.79 Å². The molecule has 0 amide bonds. The minimum atomic E-state index is -0.933. The number of nitrogens with two attached hydrogens (primary N) is 2. The number of carboxylic acid groups (broad SMARTS) is 1. The third-order valence-corrected chi connectivity index (χ3v) is 1.29. The van der Waals surface area contributed by atoms with E-state index < -0.39 is 12.0 Å². The zero-order valence-electron chi connectivity index (χ0n) is 6.74. The Morgan fingerprint density at radius 2 is 1.92 bits per heavy atom. The summed E-state index contributed by atoms with van der Waals surface area (Å²) >= 11 is 3.64. The molecular formula is C6H15ClN2O3. The molecule has 0 aliphatic heterocycles. The van der Waals surface area contributed by atoms with Crippen molar-refractivity contribution in [3.63, 3.8) is 0 Å². The lowest BCUT2D eigenvalue weighted by Gasteiger charge is -2.03. The number of carboxylic acids is 1. The number of unbranched alkanes of at least 4 members (excludes halogenated alkanes) is 1. The van der Waals surface area contributed by atoms with Gasteiger partial charge in [-0.05, 0) is 19.4 Å². The predicted octanol–water partition coefficient (Wildman–Crippen LogP) is -0.340. The van der Waals surface area contributed by atoms with Crippen LogP contribution in [0.25, 0.3) is 0 Å². The highest BCUT2D eigenvalue weighted by atomic mass is 35.5. The smallest absolute Gasteiger partial charge is 0.320 e. The Morgan fingerprint density at radius 3 is 2.25 bits per heavy atom. The van der Waals surface area contributed by atoms with Gasteiger partial charge in [0.15, 0.2) is 0 Å². The quantitative estimate of drug-likeness (QED) is 0.452. The van der Waals surface area contributed by atoms with Crippen molar-refractivity contribution < 1.29 is 14.6 Å². The molecule has 0 aromatic carbocycles. The summed E-state index contributed by atoms with van der Waals surface area (Å²) in [5.41, 5.74) is 10.4. The molecule has 0 aliphatic rings. The monoisotopic (exact) mass is 198 g/mol. The van der Waals surface area contributed by atoms with Crippen molar-refractivity contribution in [1.29, 1.82) is 0 Å². The standard InChI is InChI=1S/C6H14N2O2.ClHO/c7-4-2-1-3-5(8)6(9)10;1-2/h5H,1-4,7-8H2,(H,9,10);2H. The Labute approximate surface area is 76.5 Å². The zero-order valence-corrected chi connectivity index (χ0v) is 7.50. The van der Waals surface area contributed by atoms with Crippen LogP contribution in [0.15, 0.2) is 0 Å². The van der Waals surface area contributed by atoms with Gasteiger partial charge < -0.3 is 16.6 Å². The van der Waals surface area contributed by atoms with Crippen LogP contribution in [0.2, 0.25) is 0 Å². The van der Waals surface area contributed by atoms with E-state index in [1.54, 1.807) is 0 Å². The minimum absolute atomic E-state index is 0.520. The second kappa shape index (κ2) is 10.6. The Balaban J connectivity index is 0. The molecule has 1 unspecified atom stereocenters. The maximum atomic E-state index is 10.1. The van der Waals surface area contributed by atoms with Crippen molar-refractivity contribution in [2.75, 3.05) is 6.54 Å². The molecular weight excluding hydrogens is 184 g/mol. The zero-order chi connectivity index (χ0) is 9.98. The maximum Gasteiger partial charge on any atom is 0.320 e. The molecule has 0 spiro atoms. The fraction of sp³-hybridized carbons (Fsp3) is 0.833. The molecule has 0 saturated heterocycles. The summed E-state index contributed by atoms with van der Waals surface area (Å²) in [6.07, 6.45) is 2.16. The number of aliphatic carboxylic acids is 1. The Bertz CT molecular complexity index is 113. The first-order valence-corrected chi connectivity index (χ1v) is 3.87. The second-order valence-electron chi connectivity index (χ2n) is 2.23. The molecule has 0 fully saturated rings. The van der Waals surface area contributed by atoms with Crippen LogP contribution in [-0.4, -0.2) is 28.3 Å². The lowest BCUT2D eigenvalue weighted by Crippen LogP contribution is -2.29. The van der Waals surface area contributed by atoms with E-state index in [1.807, 2.05) is 0 Å². The highest BCUT2D eigenvalue weighted by Crippen LogP contribution is 1.96. The van der Waals surface area contributed by atoms with Crippen LogP contribution in [0.1, 0.15) is 19.3 Å². The fourth-order valence-electron chi connectivity index (χ4n) is 0.632. The van der Waals surface area contributed by atoms with Crippen molar-refractivity contribution in [1.82, 2.24) is 0 Å². The van der Waals surface area contributed by atoms with Gasteiger partial charge in [-0.15, -0.1) is 0 Å². The van der Waals surface area contributed by atoms with Crippen molar-refractivity contribution in [2.45, 2.75) is 25.3 Å². The second-order valence-corrected chi connectivity index (χ2v) is 2.23. The molecule has 0 bridgehead atoms. The minimum Gasteiger partial charge on any atom is -0.480 e. The first-order chi connectivity index (χ1) is 5.68. The van der Waals surface area contributed by atoms with E-state index in [0.29, 0.717) is 13.0 Å². The molecule has 5 nitrogen and oxygen atoms in total. The summed E-state index contributed by atoms with van der Waals surface area (Å²) in [5, 5.41) is 8.33. The molecule has 0 heterocycles. The van der Waals surface area contributed by atoms with Gasteiger partial charge in [0.05, 0.1) is 11.9 Å². The SMILES string of the molecule is NCCCCC(N)C(=O)O.OCl. The van der Waals surface area contributed by atoms with Crippen molar-refractivity contribution >= 4 is 17.8 Å². The summed E-state index contributed by atoms with van der Waals surface area (Å²) in [6.45, 7) is 0.604. The Morgan fingerprint density at radius 1 is 1.42 bits per heavy atom. The third-order valence-electron chi connectivity index (χ3n) is 1.29. The molecule has 12 heavy (non-hydrogen) atoms. The van der Waals surface area contributed by atoms with E-state index in [0.717, 1.165) is 12.8 Å². The molecule has 0 aromatic heterocycles. The lowest BCUT2D eigenvalue weighted by atomic mass is 10.1. The van der Waals surface area contributed by atoms with Gasteiger partial charge in [0.25, 0.3) is 0 Å². The van der Waals surface area contributed by atoms with Gasteiger partial charge in [-0.3, -0.25) is 9.45 Å². The van der Waals surface area contributed by atoms with Gasteiger partial charge in [0, 0.05) is 0 Å². The fourth-order valence-corrected chi connectivity index (χ4v) is 0.632. The molecule has 6 heteroatoms. The van der Waals surface area contributed by atoms with Gasteiger partial charge in [-0.25, -0.2) is 0 Å². The van der Waals surface area contributed by atoms with E-state index >= 15 is 0 Å². The van der Waals surface area contributed by atoms with Crippen molar-refractivity contribution in [3.05, 3.63) is 0 Å². The summed E-state index contributed by atoms with van der Waals surface area (Å²) in [6, 6.07) is -0.716. The predicted molar refractivity (Wildman–Crippen MR) is 46.6 cm³/mol. The molecule has 0 aliphatic carbocycles. The molecule has 0 saturated carbocycles. The van der Waals surface area contributed by atoms with Crippen molar-refractivity contribution in [3.8, 4) is 0 Å². The van der Waals surface area contributed by atoms with Gasteiger partial charge in [-0.2, -0.15) is 0 Å². The molecule has 6 N–H and O–H groups in total. The molecule has 0 radical (unpaired) electrons. The Hall–Kier alpha value is -0.360. The van der Waals surface area contributed by atoms with Gasteiger partial charge in [0.1, 0.15) is 6.04 Å². The number of rotatable bonds is 5. The van der Waals surface area contributed by atoms with Gasteiger partial charge in [0.2, 0.25) is 0 Å². The number of halogens is 1. The average Bonchev–Trinajstić information content (AvgIpc) is 2.08. The number of carbonyl (C=O) groups is 1. The third kappa shape index (κ3) is 9.64. The highest BCUT2D eigenvalue weighted by molar-refractivity contribution is 6.04. The molecule has 74 valence electrons. The lowest BCUT2D eigenvalue weighted by molar-refractivity contribution is -0.138. The van der Waals surface area contributed by atoms with Gasteiger partial charge >= 0.3 is 5.97 Å².